The summed E-state index contributed by atoms with van der Waals surface area (Å²) in [4.78, 5) is 0. The van der Waals surface area contributed by atoms with E-state index in [1.807, 2.05) is 0 Å². The van der Waals surface area contributed by atoms with Gasteiger partial charge in [-0.25, -0.2) is 0 Å². The summed E-state index contributed by atoms with van der Waals surface area (Å²) in [5.41, 5.74) is 0. The van der Waals surface area contributed by atoms with E-state index in [9.17, 15) is 0 Å². The molecule has 0 aliphatic heterocycles. The van der Waals surface area contributed by atoms with Crippen LogP contribution in [0.4, 0.5) is 0 Å². The van der Waals surface area contributed by atoms with Crippen LogP contribution in [0.15, 0.2) is 0 Å². The SMILES string of the molecule is CCNCCCC(C)OC. The molecule has 0 aromatic rings. The first-order valence-corrected chi connectivity index (χ1v) is 4.04. The van der Waals surface area contributed by atoms with E-state index >= 15 is 0 Å². The van der Waals surface area contributed by atoms with Crippen molar-refractivity contribution in [2.24, 2.45) is 0 Å². The Hall–Kier alpha value is -0.0800. The van der Waals surface area contributed by atoms with Crippen molar-refractivity contribution < 1.29 is 4.74 Å². The molecule has 0 rings (SSSR count). The highest BCUT2D eigenvalue weighted by molar-refractivity contribution is 4.51. The maximum atomic E-state index is 5.10. The van der Waals surface area contributed by atoms with E-state index in [2.05, 4.69) is 19.2 Å². The summed E-state index contributed by atoms with van der Waals surface area (Å²) in [6.45, 7) is 6.41. The van der Waals surface area contributed by atoms with Gasteiger partial charge < -0.3 is 10.1 Å². The van der Waals surface area contributed by atoms with Gasteiger partial charge in [0.1, 0.15) is 0 Å². The molecule has 0 saturated carbocycles. The van der Waals surface area contributed by atoms with Gasteiger partial charge >= 0.3 is 0 Å². The highest BCUT2D eigenvalue weighted by Crippen LogP contribution is 1.97. The lowest BCUT2D eigenvalue weighted by Gasteiger charge is -2.08. The molecule has 62 valence electrons. The van der Waals surface area contributed by atoms with E-state index in [-0.39, 0.29) is 0 Å². The van der Waals surface area contributed by atoms with Crippen LogP contribution >= 0.6 is 0 Å². The first kappa shape index (κ1) is 9.92. The van der Waals surface area contributed by atoms with E-state index in [0.717, 1.165) is 19.5 Å². The van der Waals surface area contributed by atoms with Gasteiger partial charge in [0.15, 0.2) is 0 Å². The average molecular weight is 145 g/mol. The third kappa shape index (κ3) is 6.05. The minimum absolute atomic E-state index is 0.415. The normalized spacial score (nSPS) is 13.5. The fourth-order valence-electron chi connectivity index (χ4n) is 0.809. The van der Waals surface area contributed by atoms with Crippen molar-refractivity contribution in [2.45, 2.75) is 32.8 Å². The second kappa shape index (κ2) is 7.03. The lowest BCUT2D eigenvalue weighted by molar-refractivity contribution is 0.109. The van der Waals surface area contributed by atoms with Gasteiger partial charge in [-0.05, 0) is 32.9 Å². The van der Waals surface area contributed by atoms with E-state index in [4.69, 9.17) is 4.74 Å². The molecule has 0 fully saturated rings. The van der Waals surface area contributed by atoms with Gasteiger partial charge in [-0.3, -0.25) is 0 Å². The fourth-order valence-corrected chi connectivity index (χ4v) is 0.809. The maximum absolute atomic E-state index is 5.10. The minimum atomic E-state index is 0.415. The van der Waals surface area contributed by atoms with E-state index < -0.39 is 0 Å². The lowest BCUT2D eigenvalue weighted by Crippen LogP contribution is -2.16. The van der Waals surface area contributed by atoms with Gasteiger partial charge in [0, 0.05) is 7.11 Å². The Morgan fingerprint density at radius 1 is 1.50 bits per heavy atom. The molecule has 1 unspecified atom stereocenters. The van der Waals surface area contributed by atoms with Crippen LogP contribution in [-0.4, -0.2) is 26.3 Å². The summed E-state index contributed by atoms with van der Waals surface area (Å²) in [5, 5.41) is 3.27. The quantitative estimate of drug-likeness (QED) is 0.571. The summed E-state index contributed by atoms with van der Waals surface area (Å²) in [6.07, 6.45) is 2.78. The van der Waals surface area contributed by atoms with Crippen LogP contribution in [0.5, 0.6) is 0 Å². The number of nitrogens with one attached hydrogen (secondary N) is 1. The Morgan fingerprint density at radius 3 is 2.70 bits per heavy atom. The van der Waals surface area contributed by atoms with Crippen LogP contribution in [0, 0.1) is 0 Å². The topological polar surface area (TPSA) is 21.3 Å². The molecule has 0 aromatic heterocycles. The zero-order valence-electron chi connectivity index (χ0n) is 7.31. The predicted octanol–water partition coefficient (Wildman–Crippen LogP) is 1.41. The Balaban J connectivity index is 2.89. The van der Waals surface area contributed by atoms with Gasteiger partial charge in [0.25, 0.3) is 0 Å². The molecule has 10 heavy (non-hydrogen) atoms. The average Bonchev–Trinajstić information content (AvgIpc) is 1.98. The molecule has 0 heterocycles. The molecule has 0 aliphatic rings. The fraction of sp³-hybridized carbons (Fsp3) is 1.00. The third-order valence-corrected chi connectivity index (χ3v) is 1.62. The van der Waals surface area contributed by atoms with Crippen LogP contribution in [-0.2, 0) is 4.74 Å². The summed E-state index contributed by atoms with van der Waals surface area (Å²) < 4.78 is 5.10. The molecule has 1 N–H and O–H groups in total. The molecule has 0 aliphatic carbocycles. The first-order chi connectivity index (χ1) is 4.81. The van der Waals surface area contributed by atoms with Crippen molar-refractivity contribution in [3.05, 3.63) is 0 Å². The highest BCUT2D eigenvalue weighted by atomic mass is 16.5. The summed E-state index contributed by atoms with van der Waals surface area (Å²) in [5.74, 6) is 0. The summed E-state index contributed by atoms with van der Waals surface area (Å²) in [6, 6.07) is 0. The Bertz CT molecular complexity index is 66.3. The molecule has 0 bridgehead atoms. The summed E-state index contributed by atoms with van der Waals surface area (Å²) >= 11 is 0. The second-order valence-corrected chi connectivity index (χ2v) is 2.54. The Kier molecular flexibility index (Phi) is 6.98. The maximum Gasteiger partial charge on any atom is 0.0543 e. The standard InChI is InChI=1S/C8H19NO/c1-4-9-7-5-6-8(2)10-3/h8-9H,4-7H2,1-3H3. The van der Waals surface area contributed by atoms with Crippen LogP contribution < -0.4 is 5.32 Å². The van der Waals surface area contributed by atoms with Gasteiger partial charge in [0.2, 0.25) is 0 Å². The molecule has 0 spiro atoms. The smallest absolute Gasteiger partial charge is 0.0543 e. The van der Waals surface area contributed by atoms with Gasteiger partial charge in [-0.15, -0.1) is 0 Å². The second-order valence-electron chi connectivity index (χ2n) is 2.54. The molecule has 1 atom stereocenters. The molecule has 2 heteroatoms. The number of ether oxygens (including phenoxy) is 1. The zero-order valence-corrected chi connectivity index (χ0v) is 7.31. The van der Waals surface area contributed by atoms with Crippen molar-refractivity contribution in [1.29, 1.82) is 0 Å². The molecule has 2 nitrogen and oxygen atoms in total. The molecule has 0 saturated heterocycles. The monoisotopic (exact) mass is 145 g/mol. The highest BCUT2D eigenvalue weighted by Gasteiger charge is 1.96. The first-order valence-electron chi connectivity index (χ1n) is 4.04. The van der Waals surface area contributed by atoms with Crippen molar-refractivity contribution in [3.8, 4) is 0 Å². The van der Waals surface area contributed by atoms with Crippen LogP contribution in [0.1, 0.15) is 26.7 Å². The van der Waals surface area contributed by atoms with Crippen LogP contribution in [0.2, 0.25) is 0 Å². The van der Waals surface area contributed by atoms with Crippen molar-refractivity contribution in [1.82, 2.24) is 5.32 Å². The minimum Gasteiger partial charge on any atom is -0.382 e. The molecular weight excluding hydrogens is 126 g/mol. The number of rotatable bonds is 6. The third-order valence-electron chi connectivity index (χ3n) is 1.62. The van der Waals surface area contributed by atoms with E-state index in [0.29, 0.717) is 6.10 Å². The van der Waals surface area contributed by atoms with Gasteiger partial charge in [0.05, 0.1) is 6.10 Å². The Morgan fingerprint density at radius 2 is 2.20 bits per heavy atom. The molecular formula is C8H19NO. The van der Waals surface area contributed by atoms with Gasteiger partial charge in [-0.1, -0.05) is 6.92 Å². The predicted molar refractivity (Wildman–Crippen MR) is 44.2 cm³/mol. The van der Waals surface area contributed by atoms with Crippen molar-refractivity contribution in [3.63, 3.8) is 0 Å². The molecule has 0 aromatic carbocycles. The number of hydrogen-bond donors (Lipinski definition) is 1. The largest absolute Gasteiger partial charge is 0.382 e. The number of methoxy groups -OCH3 is 1. The van der Waals surface area contributed by atoms with Crippen molar-refractivity contribution in [2.75, 3.05) is 20.2 Å². The molecule has 0 amide bonds. The van der Waals surface area contributed by atoms with E-state index in [1.54, 1.807) is 7.11 Å². The molecule has 0 radical (unpaired) electrons. The Labute approximate surface area is 64.0 Å². The zero-order chi connectivity index (χ0) is 7.82. The van der Waals surface area contributed by atoms with Crippen LogP contribution in [0.25, 0.3) is 0 Å². The number of hydrogen-bond acceptors (Lipinski definition) is 2. The van der Waals surface area contributed by atoms with E-state index in [1.165, 1.54) is 6.42 Å². The van der Waals surface area contributed by atoms with Gasteiger partial charge in [-0.2, -0.15) is 0 Å². The lowest BCUT2D eigenvalue weighted by atomic mass is 10.2. The van der Waals surface area contributed by atoms with Crippen molar-refractivity contribution >= 4 is 0 Å². The van der Waals surface area contributed by atoms with Crippen LogP contribution in [0.3, 0.4) is 0 Å². The summed E-state index contributed by atoms with van der Waals surface area (Å²) in [7, 11) is 1.76.